The van der Waals surface area contributed by atoms with Crippen molar-refractivity contribution in [2.75, 3.05) is 13.2 Å². The van der Waals surface area contributed by atoms with Crippen LogP contribution in [0, 0.1) is 5.92 Å². The summed E-state index contributed by atoms with van der Waals surface area (Å²) in [6.07, 6.45) is -4.25. The molecule has 0 bridgehead atoms. The first kappa shape index (κ1) is 12.2. The Labute approximate surface area is 73.5 Å². The highest BCUT2D eigenvalue weighted by Crippen LogP contribution is 2.14. The smallest absolute Gasteiger partial charge is 0.411 e. The minimum atomic E-state index is -4.34. The van der Waals surface area contributed by atoms with Crippen LogP contribution in [0.5, 0.6) is 0 Å². The van der Waals surface area contributed by atoms with Crippen LogP contribution in [-0.4, -0.2) is 30.5 Å². The van der Waals surface area contributed by atoms with Crippen molar-refractivity contribution in [3.05, 3.63) is 0 Å². The van der Waals surface area contributed by atoms with Gasteiger partial charge in [0.2, 0.25) is 0 Å². The number of hydrogen-bond donors (Lipinski definition) is 1. The molecule has 0 fully saturated rings. The molecule has 0 heterocycles. The first-order valence-corrected chi connectivity index (χ1v) is 3.70. The van der Waals surface area contributed by atoms with Gasteiger partial charge < -0.3 is 9.84 Å². The quantitative estimate of drug-likeness (QED) is 0.686. The lowest BCUT2D eigenvalue weighted by atomic mass is 10.1. The summed E-state index contributed by atoms with van der Waals surface area (Å²) < 4.78 is 38.7. The van der Waals surface area contributed by atoms with Gasteiger partial charge in [0, 0.05) is 6.61 Å². The third-order valence-corrected chi connectivity index (χ3v) is 1.38. The van der Waals surface area contributed by atoms with Crippen molar-refractivity contribution in [1.82, 2.24) is 0 Å². The Hall–Kier alpha value is -0.780. The third kappa shape index (κ3) is 7.58. The summed E-state index contributed by atoms with van der Waals surface area (Å²) in [4.78, 5) is 10.2. The summed E-state index contributed by atoms with van der Waals surface area (Å²) >= 11 is 0. The zero-order valence-corrected chi connectivity index (χ0v) is 7.10. The highest BCUT2D eigenvalue weighted by Gasteiger charge is 2.27. The molecule has 6 heteroatoms. The van der Waals surface area contributed by atoms with E-state index in [-0.39, 0.29) is 13.0 Å². The van der Waals surface area contributed by atoms with Crippen molar-refractivity contribution in [3.63, 3.8) is 0 Å². The second kappa shape index (κ2) is 5.06. The molecule has 0 amide bonds. The molecular weight excluding hydrogens is 189 g/mol. The number of carboxylic acid groups (broad SMARTS) is 1. The molecule has 0 aromatic heterocycles. The normalized spacial score (nSPS) is 14.2. The lowest BCUT2D eigenvalue weighted by Gasteiger charge is -2.08. The molecule has 0 aromatic carbocycles. The summed E-state index contributed by atoms with van der Waals surface area (Å²) in [7, 11) is 0. The van der Waals surface area contributed by atoms with Gasteiger partial charge in [-0.15, -0.1) is 0 Å². The van der Waals surface area contributed by atoms with E-state index in [9.17, 15) is 18.0 Å². The van der Waals surface area contributed by atoms with Gasteiger partial charge in [-0.2, -0.15) is 13.2 Å². The Morgan fingerprint density at radius 1 is 1.54 bits per heavy atom. The number of carboxylic acids is 1. The second-order valence-electron chi connectivity index (χ2n) is 2.70. The maximum Gasteiger partial charge on any atom is 0.411 e. The molecule has 0 aliphatic rings. The molecule has 1 unspecified atom stereocenters. The van der Waals surface area contributed by atoms with Gasteiger partial charge in [0.15, 0.2) is 0 Å². The number of hydrogen-bond acceptors (Lipinski definition) is 2. The van der Waals surface area contributed by atoms with Crippen molar-refractivity contribution in [2.45, 2.75) is 19.5 Å². The Kier molecular flexibility index (Phi) is 4.76. The summed E-state index contributed by atoms with van der Waals surface area (Å²) in [6.45, 7) is -0.0917. The maximum absolute atomic E-state index is 11.5. The van der Waals surface area contributed by atoms with Crippen molar-refractivity contribution >= 4 is 5.97 Å². The monoisotopic (exact) mass is 200 g/mol. The molecule has 78 valence electrons. The van der Waals surface area contributed by atoms with E-state index in [0.29, 0.717) is 0 Å². The van der Waals surface area contributed by atoms with E-state index in [1.807, 2.05) is 0 Å². The van der Waals surface area contributed by atoms with E-state index in [4.69, 9.17) is 5.11 Å². The van der Waals surface area contributed by atoms with Gasteiger partial charge >= 0.3 is 12.1 Å². The Balaban J connectivity index is 3.41. The van der Waals surface area contributed by atoms with Crippen LogP contribution in [-0.2, 0) is 9.53 Å². The van der Waals surface area contributed by atoms with E-state index >= 15 is 0 Å². The highest BCUT2D eigenvalue weighted by molar-refractivity contribution is 5.69. The standard InChI is InChI=1S/C7H11F3O3/c1-5(6(11)12)2-3-13-4-7(8,9)10/h5H,2-4H2,1H3,(H,11,12). The highest BCUT2D eigenvalue weighted by atomic mass is 19.4. The lowest BCUT2D eigenvalue weighted by molar-refractivity contribution is -0.174. The Morgan fingerprint density at radius 2 is 2.08 bits per heavy atom. The van der Waals surface area contributed by atoms with Crippen LogP contribution in [0.2, 0.25) is 0 Å². The fourth-order valence-corrected chi connectivity index (χ4v) is 0.571. The maximum atomic E-state index is 11.5. The molecule has 0 spiro atoms. The lowest BCUT2D eigenvalue weighted by Crippen LogP contribution is -2.19. The van der Waals surface area contributed by atoms with E-state index in [1.54, 1.807) is 0 Å². The SMILES string of the molecule is CC(CCOCC(F)(F)F)C(=O)O. The number of ether oxygens (including phenoxy) is 1. The molecule has 1 N–H and O–H groups in total. The topological polar surface area (TPSA) is 46.5 Å². The molecule has 1 atom stereocenters. The summed E-state index contributed by atoms with van der Waals surface area (Å²) in [5.41, 5.74) is 0. The van der Waals surface area contributed by atoms with Gasteiger partial charge in [0.05, 0.1) is 5.92 Å². The minimum absolute atomic E-state index is 0.0887. The van der Waals surface area contributed by atoms with E-state index in [1.165, 1.54) is 6.92 Å². The van der Waals surface area contributed by atoms with Crippen LogP contribution in [0.1, 0.15) is 13.3 Å². The van der Waals surface area contributed by atoms with Crippen LogP contribution in [0.3, 0.4) is 0 Å². The number of rotatable bonds is 5. The van der Waals surface area contributed by atoms with Crippen LogP contribution in [0.4, 0.5) is 13.2 Å². The largest absolute Gasteiger partial charge is 0.481 e. The summed E-state index contributed by atoms with van der Waals surface area (Å²) in [5.74, 6) is -1.70. The predicted molar refractivity (Wildman–Crippen MR) is 38.3 cm³/mol. The minimum Gasteiger partial charge on any atom is -0.481 e. The number of aliphatic carboxylic acids is 1. The fraction of sp³-hybridized carbons (Fsp3) is 0.857. The molecule has 13 heavy (non-hydrogen) atoms. The first-order chi connectivity index (χ1) is 5.83. The van der Waals surface area contributed by atoms with Crippen molar-refractivity contribution in [1.29, 1.82) is 0 Å². The van der Waals surface area contributed by atoms with Crippen molar-refractivity contribution in [2.24, 2.45) is 5.92 Å². The molecule has 0 rings (SSSR count). The van der Waals surface area contributed by atoms with Crippen molar-refractivity contribution < 1.29 is 27.8 Å². The van der Waals surface area contributed by atoms with Crippen LogP contribution >= 0.6 is 0 Å². The van der Waals surface area contributed by atoms with Crippen LogP contribution in [0.15, 0.2) is 0 Å². The average molecular weight is 200 g/mol. The second-order valence-corrected chi connectivity index (χ2v) is 2.70. The zero-order valence-electron chi connectivity index (χ0n) is 7.10. The van der Waals surface area contributed by atoms with Gasteiger partial charge in [-0.05, 0) is 6.42 Å². The molecule has 0 aliphatic heterocycles. The predicted octanol–water partition coefficient (Wildman–Crippen LogP) is 1.68. The molecule has 0 aliphatic carbocycles. The number of carbonyl (C=O) groups is 1. The summed E-state index contributed by atoms with van der Waals surface area (Å²) in [5, 5.41) is 8.36. The van der Waals surface area contributed by atoms with Crippen LogP contribution in [0.25, 0.3) is 0 Å². The van der Waals surface area contributed by atoms with Gasteiger partial charge in [-0.1, -0.05) is 6.92 Å². The Morgan fingerprint density at radius 3 is 2.46 bits per heavy atom. The zero-order chi connectivity index (χ0) is 10.5. The number of halogens is 3. The van der Waals surface area contributed by atoms with Gasteiger partial charge in [-0.25, -0.2) is 0 Å². The molecule has 0 saturated carbocycles. The van der Waals surface area contributed by atoms with E-state index in [0.717, 1.165) is 0 Å². The third-order valence-electron chi connectivity index (χ3n) is 1.38. The van der Waals surface area contributed by atoms with E-state index < -0.39 is 24.7 Å². The van der Waals surface area contributed by atoms with Gasteiger partial charge in [0.1, 0.15) is 6.61 Å². The first-order valence-electron chi connectivity index (χ1n) is 3.70. The molecule has 0 aromatic rings. The average Bonchev–Trinajstić information content (AvgIpc) is 1.95. The Bertz CT molecular complexity index is 167. The molecule has 0 radical (unpaired) electrons. The van der Waals surface area contributed by atoms with Crippen LogP contribution < -0.4 is 0 Å². The van der Waals surface area contributed by atoms with E-state index in [2.05, 4.69) is 4.74 Å². The number of alkyl halides is 3. The molecule has 0 saturated heterocycles. The fourth-order valence-electron chi connectivity index (χ4n) is 0.571. The molecular formula is C7H11F3O3. The van der Waals surface area contributed by atoms with Gasteiger partial charge in [-0.3, -0.25) is 4.79 Å². The van der Waals surface area contributed by atoms with Gasteiger partial charge in [0.25, 0.3) is 0 Å². The summed E-state index contributed by atoms with van der Waals surface area (Å²) in [6, 6.07) is 0. The molecule has 3 nitrogen and oxygen atoms in total. The van der Waals surface area contributed by atoms with Crippen molar-refractivity contribution in [3.8, 4) is 0 Å².